The number of pyridine rings is 1. The smallest absolute Gasteiger partial charge is 0.270 e. The summed E-state index contributed by atoms with van der Waals surface area (Å²) in [5.41, 5.74) is 1.89. The van der Waals surface area contributed by atoms with Crippen LogP contribution in [0.15, 0.2) is 36.5 Å². The van der Waals surface area contributed by atoms with Crippen LogP contribution in [0, 0.1) is 46.3 Å². The van der Waals surface area contributed by atoms with E-state index in [1.54, 1.807) is 38.2 Å². The lowest BCUT2D eigenvalue weighted by atomic mass is 9.75. The molecule has 5 rings (SSSR count). The minimum absolute atomic E-state index is 0.175. The van der Waals surface area contributed by atoms with Crippen molar-refractivity contribution < 1.29 is 9.90 Å². The number of nitriles is 2. The largest absolute Gasteiger partial charge is 0.388 e. The van der Waals surface area contributed by atoms with Crippen molar-refractivity contribution in [3.8, 4) is 12.1 Å². The Bertz CT molecular complexity index is 1430. The van der Waals surface area contributed by atoms with E-state index in [1.165, 1.54) is 6.21 Å². The first-order chi connectivity index (χ1) is 18.7. The van der Waals surface area contributed by atoms with Crippen molar-refractivity contribution in [1.82, 2.24) is 15.6 Å². The summed E-state index contributed by atoms with van der Waals surface area (Å²) in [5, 5.41) is 45.1. The molecule has 1 aromatic heterocycles. The first-order valence-electron chi connectivity index (χ1n) is 13.4. The molecule has 0 bridgehead atoms. The minimum Gasteiger partial charge on any atom is -0.388 e. The fourth-order valence-corrected chi connectivity index (χ4v) is 5.67. The van der Waals surface area contributed by atoms with Gasteiger partial charge < -0.3 is 26.0 Å². The topological polar surface area (TPSA) is 149 Å². The summed E-state index contributed by atoms with van der Waals surface area (Å²) in [6.45, 7) is 4.19. The highest BCUT2D eigenvalue weighted by Crippen LogP contribution is 2.58. The number of carbonyl (C=O) groups is 1. The monoisotopic (exact) mass is 523 g/mol. The van der Waals surface area contributed by atoms with Gasteiger partial charge in [0.05, 0.1) is 17.7 Å². The molecule has 0 radical (unpaired) electrons. The molecule has 1 aromatic carbocycles. The zero-order valence-electron chi connectivity index (χ0n) is 22.3. The SMILES string of the molecule is Cc1cc(N2CC[C@@](C#N)(C3CC3)C2(C)O)cc(C(=O)NCc2cc(C#N)cc(/C(C=N)=C/NC3CC3)c2)n1. The summed E-state index contributed by atoms with van der Waals surface area (Å²) < 4.78 is 0. The van der Waals surface area contributed by atoms with Gasteiger partial charge >= 0.3 is 0 Å². The second-order valence-electron chi connectivity index (χ2n) is 11.0. The number of hydrogen-bond acceptors (Lipinski definition) is 8. The third kappa shape index (κ3) is 5.10. The number of allylic oxidation sites excluding steroid dienone is 1. The van der Waals surface area contributed by atoms with E-state index < -0.39 is 11.1 Å². The van der Waals surface area contributed by atoms with Crippen molar-refractivity contribution in [2.75, 3.05) is 11.4 Å². The van der Waals surface area contributed by atoms with Crippen LogP contribution in [0.5, 0.6) is 0 Å². The number of carbonyl (C=O) groups excluding carboxylic acids is 1. The molecule has 2 aromatic rings. The van der Waals surface area contributed by atoms with E-state index in [-0.39, 0.29) is 24.1 Å². The Balaban J connectivity index is 1.34. The molecule has 0 spiro atoms. The van der Waals surface area contributed by atoms with E-state index in [0.29, 0.717) is 41.5 Å². The molecule has 9 heteroatoms. The molecule has 1 unspecified atom stereocenters. The van der Waals surface area contributed by atoms with Gasteiger partial charge in [0.1, 0.15) is 11.1 Å². The number of hydrogen-bond donors (Lipinski definition) is 4. The summed E-state index contributed by atoms with van der Waals surface area (Å²) in [5.74, 6) is -0.190. The van der Waals surface area contributed by atoms with Crippen LogP contribution in [0.4, 0.5) is 5.69 Å². The van der Waals surface area contributed by atoms with Crippen LogP contribution in [0.3, 0.4) is 0 Å². The fraction of sp³-hybridized carbons (Fsp3) is 0.433. The van der Waals surface area contributed by atoms with Gasteiger partial charge in [-0.05, 0) is 93.3 Å². The minimum atomic E-state index is -1.35. The van der Waals surface area contributed by atoms with E-state index in [1.807, 2.05) is 17.0 Å². The molecule has 1 amide bonds. The maximum Gasteiger partial charge on any atom is 0.270 e. The van der Waals surface area contributed by atoms with E-state index in [2.05, 4.69) is 27.8 Å². The van der Waals surface area contributed by atoms with E-state index in [9.17, 15) is 20.4 Å². The van der Waals surface area contributed by atoms with Crippen LogP contribution in [0.2, 0.25) is 0 Å². The van der Waals surface area contributed by atoms with Gasteiger partial charge in [-0.1, -0.05) is 0 Å². The number of benzene rings is 1. The van der Waals surface area contributed by atoms with Crippen LogP contribution >= 0.6 is 0 Å². The second kappa shape index (κ2) is 10.2. The lowest BCUT2D eigenvalue weighted by molar-refractivity contribution is -0.0238. The van der Waals surface area contributed by atoms with E-state index in [0.717, 1.165) is 36.8 Å². The zero-order valence-corrected chi connectivity index (χ0v) is 22.3. The van der Waals surface area contributed by atoms with Crippen LogP contribution in [0.1, 0.15) is 71.9 Å². The van der Waals surface area contributed by atoms with Crippen LogP contribution in [0.25, 0.3) is 5.57 Å². The highest BCUT2D eigenvalue weighted by atomic mass is 16.3. The molecule has 200 valence electrons. The predicted octanol–water partition coefficient (Wildman–Crippen LogP) is 3.77. The van der Waals surface area contributed by atoms with Crippen LogP contribution in [-0.4, -0.2) is 40.5 Å². The average Bonchev–Trinajstić information content (AvgIpc) is 3.85. The fourth-order valence-electron chi connectivity index (χ4n) is 5.67. The Morgan fingerprint density at radius 2 is 2.00 bits per heavy atom. The Morgan fingerprint density at radius 3 is 2.64 bits per heavy atom. The Kier molecular flexibility index (Phi) is 6.88. The summed E-state index contributed by atoms with van der Waals surface area (Å²) in [7, 11) is 0. The molecule has 39 heavy (non-hydrogen) atoms. The second-order valence-corrected chi connectivity index (χ2v) is 11.0. The quantitative estimate of drug-likeness (QED) is 0.366. The van der Waals surface area contributed by atoms with E-state index >= 15 is 0 Å². The van der Waals surface area contributed by atoms with Gasteiger partial charge in [0.15, 0.2) is 5.72 Å². The molecule has 1 saturated heterocycles. The number of anilines is 1. The molecule has 4 N–H and O–H groups in total. The molecule has 9 nitrogen and oxygen atoms in total. The van der Waals surface area contributed by atoms with Gasteiger partial charge in [-0.2, -0.15) is 10.5 Å². The first kappa shape index (κ1) is 26.4. The highest BCUT2D eigenvalue weighted by molar-refractivity contribution is 6.08. The first-order valence-corrected chi connectivity index (χ1v) is 13.4. The van der Waals surface area contributed by atoms with Crippen molar-refractivity contribution in [2.24, 2.45) is 11.3 Å². The van der Waals surface area contributed by atoms with Crippen molar-refractivity contribution in [2.45, 2.75) is 64.3 Å². The van der Waals surface area contributed by atoms with Gasteiger partial charge in [0, 0.05) is 48.5 Å². The lowest BCUT2D eigenvalue weighted by Gasteiger charge is -2.40. The molecule has 1 aliphatic heterocycles. The number of nitrogens with one attached hydrogen (secondary N) is 3. The molecule has 3 fully saturated rings. The number of aryl methyl sites for hydroxylation is 1. The summed E-state index contributed by atoms with van der Waals surface area (Å²) in [6.07, 6.45) is 7.75. The third-order valence-electron chi connectivity index (χ3n) is 8.17. The zero-order chi connectivity index (χ0) is 27.8. The molecule has 3 aliphatic rings. The Labute approximate surface area is 228 Å². The Hall–Kier alpha value is -4.21. The molecule has 2 atom stereocenters. The summed E-state index contributed by atoms with van der Waals surface area (Å²) in [4.78, 5) is 19.4. The lowest BCUT2D eigenvalue weighted by Crippen LogP contribution is -2.52. The third-order valence-corrected chi connectivity index (χ3v) is 8.17. The van der Waals surface area contributed by atoms with Gasteiger partial charge in [-0.15, -0.1) is 0 Å². The predicted molar refractivity (Wildman–Crippen MR) is 148 cm³/mol. The van der Waals surface area contributed by atoms with Gasteiger partial charge in [-0.25, -0.2) is 4.98 Å². The van der Waals surface area contributed by atoms with Crippen molar-refractivity contribution >= 4 is 23.4 Å². The summed E-state index contributed by atoms with van der Waals surface area (Å²) in [6, 6.07) is 13.8. The van der Waals surface area contributed by atoms with Gasteiger partial charge in [-0.3, -0.25) is 4.79 Å². The van der Waals surface area contributed by atoms with Crippen molar-refractivity contribution in [3.05, 3.63) is 64.6 Å². The van der Waals surface area contributed by atoms with Gasteiger partial charge in [0.2, 0.25) is 0 Å². The number of aliphatic hydroxyl groups is 1. The molecular formula is C30H33N7O2. The molecule has 2 saturated carbocycles. The summed E-state index contributed by atoms with van der Waals surface area (Å²) >= 11 is 0. The number of rotatable bonds is 9. The number of aromatic nitrogens is 1. The standard InChI is InChI=1S/C30H33N7O2/c1-19-9-26(37-8-7-30(18-33,24-3-4-24)29(37,2)39)13-27(36-19)28(38)35-16-21-10-20(14-31)11-22(12-21)23(15-32)17-34-25-5-6-25/h9-13,15,17,24-25,32,34,39H,3-8,16H2,1-2H3,(H,35,38)/b23-17+,32-15?/t29?,30-/m1/s1. The van der Waals surface area contributed by atoms with Crippen LogP contribution < -0.4 is 15.5 Å². The maximum atomic E-state index is 13.2. The van der Waals surface area contributed by atoms with E-state index in [4.69, 9.17) is 5.41 Å². The van der Waals surface area contributed by atoms with Crippen molar-refractivity contribution in [3.63, 3.8) is 0 Å². The number of nitrogens with zero attached hydrogens (tertiary/aromatic N) is 4. The molecule has 2 aliphatic carbocycles. The molecular weight excluding hydrogens is 490 g/mol. The molecule has 2 heterocycles. The van der Waals surface area contributed by atoms with Crippen LogP contribution in [-0.2, 0) is 6.54 Å². The number of amides is 1. The highest BCUT2D eigenvalue weighted by Gasteiger charge is 2.63. The maximum absolute atomic E-state index is 13.2. The van der Waals surface area contributed by atoms with Gasteiger partial charge in [0.25, 0.3) is 5.91 Å². The average molecular weight is 524 g/mol. The normalized spacial score (nSPS) is 24.5. The van der Waals surface area contributed by atoms with Crippen molar-refractivity contribution in [1.29, 1.82) is 15.9 Å². The Morgan fingerprint density at radius 1 is 1.23 bits per heavy atom.